The summed E-state index contributed by atoms with van der Waals surface area (Å²) in [5.74, 6) is -1.38. The second-order valence-electron chi connectivity index (χ2n) is 6.08. The van der Waals surface area contributed by atoms with E-state index in [1.54, 1.807) is 20.8 Å². The van der Waals surface area contributed by atoms with E-state index in [4.69, 9.17) is 0 Å². The maximum Gasteiger partial charge on any atom is 0.310 e. The van der Waals surface area contributed by atoms with E-state index in [2.05, 4.69) is 5.32 Å². The summed E-state index contributed by atoms with van der Waals surface area (Å²) in [6.45, 7) is 5.20. The molecule has 0 aliphatic heterocycles. The molecule has 0 saturated heterocycles. The lowest BCUT2D eigenvalue weighted by molar-refractivity contribution is -0.153. The van der Waals surface area contributed by atoms with E-state index in [9.17, 15) is 19.8 Å². The Hall–Kier alpha value is -1.10. The number of carboxylic acids is 1. The zero-order chi connectivity index (χ0) is 14.6. The van der Waals surface area contributed by atoms with Gasteiger partial charge in [0.15, 0.2) is 0 Å². The highest BCUT2D eigenvalue weighted by atomic mass is 16.4. The van der Waals surface area contributed by atoms with Crippen molar-refractivity contribution >= 4 is 11.9 Å². The van der Waals surface area contributed by atoms with Gasteiger partial charge in [-0.1, -0.05) is 26.7 Å². The second-order valence-corrected chi connectivity index (χ2v) is 6.08. The van der Waals surface area contributed by atoms with Crippen LogP contribution in [0, 0.1) is 11.3 Å². The van der Waals surface area contributed by atoms with Gasteiger partial charge in [-0.3, -0.25) is 9.59 Å². The molecular formula is C14H25NO4. The highest BCUT2D eigenvalue weighted by molar-refractivity contribution is 5.85. The van der Waals surface area contributed by atoms with Gasteiger partial charge in [0.05, 0.1) is 17.6 Å². The predicted octanol–water partition coefficient (Wildman–Crippen LogP) is 1.54. The quantitative estimate of drug-likeness (QED) is 0.708. The summed E-state index contributed by atoms with van der Waals surface area (Å²) < 4.78 is 0. The van der Waals surface area contributed by atoms with Crippen LogP contribution in [0.4, 0.5) is 0 Å². The van der Waals surface area contributed by atoms with Crippen LogP contribution >= 0.6 is 0 Å². The van der Waals surface area contributed by atoms with Gasteiger partial charge in [-0.2, -0.15) is 0 Å². The Morgan fingerprint density at radius 2 is 1.89 bits per heavy atom. The van der Waals surface area contributed by atoms with Crippen LogP contribution in [-0.2, 0) is 9.59 Å². The maximum absolute atomic E-state index is 12.0. The molecule has 19 heavy (non-hydrogen) atoms. The van der Waals surface area contributed by atoms with E-state index < -0.39 is 17.5 Å². The lowest BCUT2D eigenvalue weighted by Crippen LogP contribution is -2.47. The second kappa shape index (κ2) is 6.37. The molecule has 110 valence electrons. The minimum Gasteiger partial charge on any atom is -0.481 e. The number of carbonyl (C=O) groups is 2. The first-order valence-corrected chi connectivity index (χ1v) is 6.98. The van der Waals surface area contributed by atoms with Crippen LogP contribution in [0.5, 0.6) is 0 Å². The van der Waals surface area contributed by atoms with Gasteiger partial charge >= 0.3 is 5.97 Å². The minimum atomic E-state index is -1.07. The van der Waals surface area contributed by atoms with Gasteiger partial charge < -0.3 is 15.5 Å². The SMILES string of the molecule is CC(C)C(C)(CC(=O)NC1CCCCC1O)C(=O)O. The van der Waals surface area contributed by atoms with Crippen molar-refractivity contribution in [2.24, 2.45) is 11.3 Å². The summed E-state index contributed by atoms with van der Waals surface area (Å²) >= 11 is 0. The molecule has 0 heterocycles. The fourth-order valence-corrected chi connectivity index (χ4v) is 2.40. The number of aliphatic hydroxyl groups excluding tert-OH is 1. The Kier molecular flexibility index (Phi) is 5.35. The molecule has 0 aromatic carbocycles. The van der Waals surface area contributed by atoms with Crippen molar-refractivity contribution in [2.75, 3.05) is 0 Å². The van der Waals surface area contributed by atoms with Crippen LogP contribution in [0.2, 0.25) is 0 Å². The number of amides is 1. The Balaban J connectivity index is 2.60. The van der Waals surface area contributed by atoms with E-state index in [0.717, 1.165) is 19.3 Å². The molecule has 3 N–H and O–H groups in total. The summed E-state index contributed by atoms with van der Waals surface area (Å²) in [7, 11) is 0. The molecule has 3 atom stereocenters. The lowest BCUT2D eigenvalue weighted by atomic mass is 9.76. The van der Waals surface area contributed by atoms with Crippen LogP contribution in [0.1, 0.15) is 52.9 Å². The Morgan fingerprint density at radius 3 is 2.37 bits per heavy atom. The van der Waals surface area contributed by atoms with Crippen molar-refractivity contribution < 1.29 is 19.8 Å². The third-order valence-corrected chi connectivity index (χ3v) is 4.37. The van der Waals surface area contributed by atoms with Crippen molar-refractivity contribution in [3.63, 3.8) is 0 Å². The lowest BCUT2D eigenvalue weighted by Gasteiger charge is -2.32. The Morgan fingerprint density at radius 1 is 1.32 bits per heavy atom. The van der Waals surface area contributed by atoms with E-state index >= 15 is 0 Å². The summed E-state index contributed by atoms with van der Waals surface area (Å²) in [6, 6.07) is -0.230. The first-order chi connectivity index (χ1) is 8.77. The summed E-state index contributed by atoms with van der Waals surface area (Å²) in [6.07, 6.45) is 2.87. The topological polar surface area (TPSA) is 86.6 Å². The van der Waals surface area contributed by atoms with Crippen molar-refractivity contribution in [1.82, 2.24) is 5.32 Å². The maximum atomic E-state index is 12.0. The number of carboxylic acid groups (broad SMARTS) is 1. The molecule has 5 heteroatoms. The van der Waals surface area contributed by atoms with Gasteiger partial charge in [0.2, 0.25) is 5.91 Å². The van der Waals surface area contributed by atoms with Crippen molar-refractivity contribution in [2.45, 2.75) is 65.0 Å². The van der Waals surface area contributed by atoms with E-state index in [1.165, 1.54) is 0 Å². The Labute approximate surface area is 114 Å². The van der Waals surface area contributed by atoms with Crippen LogP contribution in [0.3, 0.4) is 0 Å². The third kappa shape index (κ3) is 3.93. The molecule has 0 bridgehead atoms. The number of aliphatic hydroxyl groups is 1. The average molecular weight is 271 g/mol. The molecule has 1 saturated carbocycles. The highest BCUT2D eigenvalue weighted by Crippen LogP contribution is 2.31. The molecule has 1 fully saturated rings. The standard InChI is InChI=1S/C14H25NO4/c1-9(2)14(3,13(18)19)8-12(17)15-10-6-4-5-7-11(10)16/h9-11,16H,4-8H2,1-3H3,(H,15,17)(H,18,19). The van der Waals surface area contributed by atoms with E-state index in [-0.39, 0.29) is 24.3 Å². The summed E-state index contributed by atoms with van der Waals surface area (Å²) in [5, 5.41) is 21.9. The molecule has 1 aliphatic rings. The van der Waals surface area contributed by atoms with Crippen LogP contribution in [0.25, 0.3) is 0 Å². The van der Waals surface area contributed by atoms with Gasteiger partial charge in [0, 0.05) is 6.42 Å². The van der Waals surface area contributed by atoms with Gasteiger partial charge in [-0.25, -0.2) is 0 Å². The van der Waals surface area contributed by atoms with Crippen LogP contribution in [-0.4, -0.2) is 34.2 Å². The smallest absolute Gasteiger partial charge is 0.310 e. The van der Waals surface area contributed by atoms with E-state index in [0.29, 0.717) is 6.42 Å². The molecule has 5 nitrogen and oxygen atoms in total. The fourth-order valence-electron chi connectivity index (χ4n) is 2.40. The van der Waals surface area contributed by atoms with Gasteiger partial charge in [0.25, 0.3) is 0 Å². The molecule has 0 aromatic rings. The minimum absolute atomic E-state index is 0.0524. The zero-order valence-corrected chi connectivity index (χ0v) is 12.0. The zero-order valence-electron chi connectivity index (χ0n) is 12.0. The summed E-state index contributed by atoms with van der Waals surface area (Å²) in [4.78, 5) is 23.3. The fraction of sp³-hybridized carbons (Fsp3) is 0.857. The molecule has 1 rings (SSSR count). The Bertz CT molecular complexity index is 342. The van der Waals surface area contributed by atoms with Gasteiger partial charge in [0.1, 0.15) is 0 Å². The molecular weight excluding hydrogens is 246 g/mol. The largest absolute Gasteiger partial charge is 0.481 e. The number of hydrogen-bond donors (Lipinski definition) is 3. The molecule has 1 aliphatic carbocycles. The monoisotopic (exact) mass is 271 g/mol. The molecule has 0 radical (unpaired) electrons. The van der Waals surface area contributed by atoms with Crippen molar-refractivity contribution in [1.29, 1.82) is 0 Å². The molecule has 0 aromatic heterocycles. The number of carbonyl (C=O) groups excluding carboxylic acids is 1. The normalized spacial score (nSPS) is 26.8. The van der Waals surface area contributed by atoms with E-state index in [1.807, 2.05) is 0 Å². The number of hydrogen-bond acceptors (Lipinski definition) is 3. The predicted molar refractivity (Wildman–Crippen MR) is 71.6 cm³/mol. The molecule has 0 spiro atoms. The number of nitrogens with one attached hydrogen (secondary N) is 1. The number of aliphatic carboxylic acids is 1. The summed E-state index contributed by atoms with van der Waals surface area (Å²) in [5.41, 5.74) is -1.07. The van der Waals surface area contributed by atoms with Crippen molar-refractivity contribution in [3.05, 3.63) is 0 Å². The van der Waals surface area contributed by atoms with Gasteiger partial charge in [-0.05, 0) is 25.7 Å². The van der Waals surface area contributed by atoms with Crippen LogP contribution in [0.15, 0.2) is 0 Å². The first-order valence-electron chi connectivity index (χ1n) is 6.98. The molecule has 1 amide bonds. The number of rotatable bonds is 5. The van der Waals surface area contributed by atoms with Crippen LogP contribution < -0.4 is 5.32 Å². The first kappa shape index (κ1) is 16.0. The highest BCUT2D eigenvalue weighted by Gasteiger charge is 2.39. The third-order valence-electron chi connectivity index (χ3n) is 4.37. The molecule has 3 unspecified atom stereocenters. The van der Waals surface area contributed by atoms with Crippen molar-refractivity contribution in [3.8, 4) is 0 Å². The average Bonchev–Trinajstić information content (AvgIpc) is 2.31. The van der Waals surface area contributed by atoms with Gasteiger partial charge in [-0.15, -0.1) is 0 Å².